The highest BCUT2D eigenvalue weighted by molar-refractivity contribution is 7.98. The standard InChI is InChI=1S/C22H31N3O3S/c1-22(2,3)28-21(27)25-13-6-9-19(25)10-11-20(26)24-12-14-29-16-18-8-5-4-7-17(18)15-23/h4-5,7-8,19H,6,9-14,16H2,1-3H3,(H,24,26)/t19-/m0/s1. The Morgan fingerprint density at radius 1 is 1.34 bits per heavy atom. The third kappa shape index (κ3) is 7.98. The van der Waals surface area contributed by atoms with E-state index in [4.69, 9.17) is 10.00 Å². The van der Waals surface area contributed by atoms with Crippen LogP contribution >= 0.6 is 11.8 Å². The average Bonchev–Trinajstić information content (AvgIpc) is 3.14. The normalized spacial score (nSPS) is 16.3. The Morgan fingerprint density at radius 3 is 2.83 bits per heavy atom. The molecular weight excluding hydrogens is 386 g/mol. The van der Waals surface area contributed by atoms with Crippen LogP contribution in [-0.2, 0) is 15.3 Å². The Bertz CT molecular complexity index is 740. The number of rotatable bonds is 8. The van der Waals surface area contributed by atoms with E-state index in [2.05, 4.69) is 11.4 Å². The lowest BCUT2D eigenvalue weighted by Gasteiger charge is -2.28. The largest absolute Gasteiger partial charge is 0.444 e. The molecule has 1 aromatic rings. The van der Waals surface area contributed by atoms with Gasteiger partial charge in [0, 0.05) is 37.1 Å². The summed E-state index contributed by atoms with van der Waals surface area (Å²) in [4.78, 5) is 26.2. The van der Waals surface area contributed by atoms with E-state index >= 15 is 0 Å². The second-order valence-corrected chi connectivity index (χ2v) is 9.29. The van der Waals surface area contributed by atoms with Crippen LogP contribution in [0.1, 0.15) is 57.6 Å². The maximum absolute atomic E-state index is 12.3. The van der Waals surface area contributed by atoms with Gasteiger partial charge in [0.05, 0.1) is 11.6 Å². The summed E-state index contributed by atoms with van der Waals surface area (Å²) in [6.45, 7) is 6.88. The van der Waals surface area contributed by atoms with Gasteiger partial charge in [0.2, 0.25) is 5.91 Å². The van der Waals surface area contributed by atoms with Gasteiger partial charge in [0.15, 0.2) is 0 Å². The van der Waals surface area contributed by atoms with Crippen molar-refractivity contribution in [3.63, 3.8) is 0 Å². The summed E-state index contributed by atoms with van der Waals surface area (Å²) in [5, 5.41) is 12.0. The number of nitrogens with one attached hydrogen (secondary N) is 1. The van der Waals surface area contributed by atoms with Crippen LogP contribution in [-0.4, -0.2) is 47.4 Å². The zero-order valence-corrected chi connectivity index (χ0v) is 18.4. The lowest BCUT2D eigenvalue weighted by atomic mass is 10.1. The smallest absolute Gasteiger partial charge is 0.410 e. The fourth-order valence-corrected chi connectivity index (χ4v) is 4.15. The van der Waals surface area contributed by atoms with E-state index in [1.807, 2.05) is 45.0 Å². The Morgan fingerprint density at radius 2 is 2.10 bits per heavy atom. The van der Waals surface area contributed by atoms with Crippen molar-refractivity contribution >= 4 is 23.8 Å². The number of benzene rings is 1. The van der Waals surface area contributed by atoms with Crippen molar-refractivity contribution in [2.24, 2.45) is 0 Å². The zero-order chi connectivity index (χ0) is 21.3. The van der Waals surface area contributed by atoms with Gasteiger partial charge in [-0.1, -0.05) is 18.2 Å². The predicted molar refractivity (Wildman–Crippen MR) is 116 cm³/mol. The maximum Gasteiger partial charge on any atom is 0.410 e. The number of carbonyl (C=O) groups excluding carboxylic acids is 2. The van der Waals surface area contributed by atoms with Crippen molar-refractivity contribution in [2.45, 2.75) is 63.9 Å². The molecule has 1 N–H and O–H groups in total. The van der Waals surface area contributed by atoms with Crippen LogP contribution < -0.4 is 5.32 Å². The Labute approximate surface area is 178 Å². The number of hydrogen-bond acceptors (Lipinski definition) is 5. The van der Waals surface area contributed by atoms with Gasteiger partial charge in [-0.05, 0) is 51.7 Å². The molecule has 0 spiro atoms. The number of amides is 2. The molecule has 0 radical (unpaired) electrons. The van der Waals surface area contributed by atoms with Crippen molar-refractivity contribution in [3.8, 4) is 6.07 Å². The molecule has 0 bridgehead atoms. The highest BCUT2D eigenvalue weighted by atomic mass is 32.2. The number of likely N-dealkylation sites (tertiary alicyclic amines) is 1. The average molecular weight is 418 g/mol. The molecule has 2 rings (SSSR count). The first-order valence-corrected chi connectivity index (χ1v) is 11.3. The first kappa shape index (κ1) is 23.1. The van der Waals surface area contributed by atoms with Crippen LogP contribution in [0.15, 0.2) is 24.3 Å². The van der Waals surface area contributed by atoms with Gasteiger partial charge < -0.3 is 15.0 Å². The third-order valence-electron chi connectivity index (χ3n) is 4.67. The van der Waals surface area contributed by atoms with Gasteiger partial charge in [-0.25, -0.2) is 4.79 Å². The first-order chi connectivity index (χ1) is 13.8. The summed E-state index contributed by atoms with van der Waals surface area (Å²) in [6.07, 6.45) is 2.65. The Balaban J connectivity index is 1.64. The fraction of sp³-hybridized carbons (Fsp3) is 0.591. The molecule has 1 aliphatic heterocycles. The van der Waals surface area contributed by atoms with E-state index in [9.17, 15) is 9.59 Å². The summed E-state index contributed by atoms with van der Waals surface area (Å²) in [5.41, 5.74) is 1.22. The van der Waals surface area contributed by atoms with Gasteiger partial charge in [0.25, 0.3) is 0 Å². The van der Waals surface area contributed by atoms with E-state index in [0.29, 0.717) is 31.5 Å². The van der Waals surface area contributed by atoms with Crippen molar-refractivity contribution in [1.29, 1.82) is 5.26 Å². The summed E-state index contributed by atoms with van der Waals surface area (Å²) in [5.74, 6) is 1.56. The van der Waals surface area contributed by atoms with Crippen LogP contribution in [0.25, 0.3) is 0 Å². The minimum absolute atomic E-state index is 0.0130. The van der Waals surface area contributed by atoms with Crippen LogP contribution in [0.2, 0.25) is 0 Å². The van der Waals surface area contributed by atoms with Crippen molar-refractivity contribution in [1.82, 2.24) is 10.2 Å². The molecule has 2 amide bonds. The van der Waals surface area contributed by atoms with Crippen molar-refractivity contribution in [3.05, 3.63) is 35.4 Å². The summed E-state index contributed by atoms with van der Waals surface area (Å²) in [7, 11) is 0. The summed E-state index contributed by atoms with van der Waals surface area (Å²) < 4.78 is 5.47. The van der Waals surface area contributed by atoms with E-state index < -0.39 is 5.60 Å². The minimum Gasteiger partial charge on any atom is -0.444 e. The molecule has 29 heavy (non-hydrogen) atoms. The molecule has 0 aromatic heterocycles. The maximum atomic E-state index is 12.3. The molecule has 0 saturated carbocycles. The van der Waals surface area contributed by atoms with Gasteiger partial charge >= 0.3 is 6.09 Å². The van der Waals surface area contributed by atoms with Gasteiger partial charge in [-0.15, -0.1) is 0 Å². The number of hydrogen-bond donors (Lipinski definition) is 1. The molecule has 0 unspecified atom stereocenters. The molecule has 7 heteroatoms. The van der Waals surface area contributed by atoms with Gasteiger partial charge in [-0.3, -0.25) is 4.79 Å². The second-order valence-electron chi connectivity index (χ2n) is 8.18. The van der Waals surface area contributed by atoms with Crippen LogP contribution in [0, 0.1) is 11.3 Å². The summed E-state index contributed by atoms with van der Waals surface area (Å²) in [6, 6.07) is 9.85. The first-order valence-electron chi connectivity index (χ1n) is 10.1. The van der Waals surface area contributed by atoms with E-state index in [1.165, 1.54) is 0 Å². The lowest BCUT2D eigenvalue weighted by Crippen LogP contribution is -2.40. The molecule has 0 aliphatic carbocycles. The van der Waals surface area contributed by atoms with E-state index in [0.717, 1.165) is 29.9 Å². The fourth-order valence-electron chi connectivity index (χ4n) is 3.28. The topological polar surface area (TPSA) is 82.4 Å². The molecule has 1 atom stereocenters. The Hall–Kier alpha value is -2.20. The third-order valence-corrected chi connectivity index (χ3v) is 5.68. The van der Waals surface area contributed by atoms with Gasteiger partial charge in [0.1, 0.15) is 5.60 Å². The Kier molecular flexibility index (Phi) is 8.84. The number of nitrogens with zero attached hydrogens (tertiary/aromatic N) is 2. The molecule has 1 fully saturated rings. The van der Waals surface area contributed by atoms with Crippen LogP contribution in [0.5, 0.6) is 0 Å². The van der Waals surface area contributed by atoms with E-state index in [1.54, 1.807) is 16.7 Å². The zero-order valence-electron chi connectivity index (χ0n) is 17.6. The van der Waals surface area contributed by atoms with Gasteiger partial charge in [-0.2, -0.15) is 17.0 Å². The second kappa shape index (κ2) is 11.1. The lowest BCUT2D eigenvalue weighted by molar-refractivity contribution is -0.121. The highest BCUT2D eigenvalue weighted by Crippen LogP contribution is 2.24. The molecule has 1 heterocycles. The predicted octanol–water partition coefficient (Wildman–Crippen LogP) is 4.09. The van der Waals surface area contributed by atoms with Crippen LogP contribution in [0.3, 0.4) is 0 Å². The number of nitriles is 1. The molecule has 1 saturated heterocycles. The summed E-state index contributed by atoms with van der Waals surface area (Å²) >= 11 is 1.70. The molecular formula is C22H31N3O3S. The molecule has 1 aromatic carbocycles. The van der Waals surface area contributed by atoms with Crippen LogP contribution in [0.4, 0.5) is 4.79 Å². The number of thioether (sulfide) groups is 1. The number of ether oxygens (including phenoxy) is 1. The number of carbonyl (C=O) groups is 2. The van der Waals surface area contributed by atoms with Crippen molar-refractivity contribution in [2.75, 3.05) is 18.8 Å². The quantitative estimate of drug-likeness (QED) is 0.644. The molecule has 158 valence electrons. The monoisotopic (exact) mass is 417 g/mol. The highest BCUT2D eigenvalue weighted by Gasteiger charge is 2.32. The van der Waals surface area contributed by atoms with E-state index in [-0.39, 0.29) is 18.0 Å². The molecule has 1 aliphatic rings. The van der Waals surface area contributed by atoms with Crippen molar-refractivity contribution < 1.29 is 14.3 Å². The minimum atomic E-state index is -0.507. The molecule has 6 nitrogen and oxygen atoms in total. The SMILES string of the molecule is CC(C)(C)OC(=O)N1CCC[C@H]1CCC(=O)NCCSCc1ccccc1C#N.